The van der Waals surface area contributed by atoms with E-state index >= 15 is 9.59 Å². The monoisotopic (exact) mass is 695 g/mol. The molecule has 8 nitrogen and oxygen atoms in total. The van der Waals surface area contributed by atoms with Crippen molar-refractivity contribution in [1.29, 1.82) is 0 Å². The number of thioether (sulfide) groups is 1. The summed E-state index contributed by atoms with van der Waals surface area (Å²) in [6, 6.07) is 19.9. The summed E-state index contributed by atoms with van der Waals surface area (Å²) in [6.45, 7) is 16.8. The molecule has 2 bridgehead atoms. The molecule has 0 radical (unpaired) electrons. The van der Waals surface area contributed by atoms with Gasteiger partial charge in [0.1, 0.15) is 11.8 Å². The van der Waals surface area contributed by atoms with E-state index < -0.39 is 28.7 Å². The van der Waals surface area contributed by atoms with Crippen molar-refractivity contribution in [2.75, 3.05) is 36.1 Å². The van der Waals surface area contributed by atoms with E-state index in [4.69, 9.17) is 4.74 Å². The van der Waals surface area contributed by atoms with Crippen LogP contribution >= 0.6 is 11.8 Å². The van der Waals surface area contributed by atoms with Gasteiger partial charge in [-0.2, -0.15) is 0 Å². The highest BCUT2D eigenvalue weighted by molar-refractivity contribution is 8.02. The maximum Gasteiger partial charge on any atom is 0.251 e. The normalized spacial score (nSPS) is 25.8. The second kappa shape index (κ2) is 14.6. The number of anilines is 2. The Hall–Kier alpha value is -4.08. The molecule has 1 spiro atoms. The Morgan fingerprint density at radius 1 is 1.00 bits per heavy atom. The van der Waals surface area contributed by atoms with Gasteiger partial charge >= 0.3 is 0 Å². The molecule has 0 saturated carbocycles. The van der Waals surface area contributed by atoms with Crippen molar-refractivity contribution in [2.45, 2.75) is 62.6 Å². The molecule has 6 rings (SSSR count). The van der Waals surface area contributed by atoms with Crippen LogP contribution in [0.15, 0.2) is 92.0 Å². The van der Waals surface area contributed by atoms with E-state index in [1.807, 2.05) is 73.7 Å². The SMILES string of the molecule is C=CCN(C(=O)C1N([C@@H](CO)CC(C)C)C(=O)[C@@H]2[C@H](C(=O)N(CC=C)c3ccc(OCC)cc3)[C@@H]3CC(C)C12S3)c1ccc2ccccc2c1. The summed E-state index contributed by atoms with van der Waals surface area (Å²) in [6.07, 6.45) is 4.64. The summed E-state index contributed by atoms with van der Waals surface area (Å²) in [5, 5.41) is 12.8. The first-order chi connectivity index (χ1) is 24.1. The number of carbonyl (C=O) groups is 3. The average Bonchev–Trinajstić information content (AvgIpc) is 3.71. The highest BCUT2D eigenvalue weighted by Gasteiger charge is 2.77. The number of amides is 3. The zero-order chi connectivity index (χ0) is 35.7. The van der Waals surface area contributed by atoms with Gasteiger partial charge in [-0.05, 0) is 78.8 Å². The third-order valence-corrected chi connectivity index (χ3v) is 12.8. The lowest BCUT2D eigenvalue weighted by molar-refractivity contribution is -0.142. The molecular weight excluding hydrogens is 647 g/mol. The Balaban J connectivity index is 1.45. The Morgan fingerprint density at radius 2 is 1.64 bits per heavy atom. The number of likely N-dealkylation sites (tertiary alicyclic amines) is 1. The first kappa shape index (κ1) is 35.7. The molecule has 0 aromatic heterocycles. The summed E-state index contributed by atoms with van der Waals surface area (Å²) < 4.78 is 4.79. The molecule has 0 aliphatic carbocycles. The second-order valence-corrected chi connectivity index (χ2v) is 15.7. The van der Waals surface area contributed by atoms with E-state index in [0.717, 1.165) is 16.5 Å². The minimum atomic E-state index is -0.872. The summed E-state index contributed by atoms with van der Waals surface area (Å²) in [5.41, 5.74) is 1.42. The molecule has 9 heteroatoms. The number of fused-ring (bicyclic) bond motifs is 2. The smallest absolute Gasteiger partial charge is 0.251 e. The molecule has 3 unspecified atom stereocenters. The molecule has 3 fully saturated rings. The van der Waals surface area contributed by atoms with Gasteiger partial charge in [0, 0.05) is 29.7 Å². The number of aliphatic hydroxyl groups excluding tert-OH is 1. The summed E-state index contributed by atoms with van der Waals surface area (Å²) >= 11 is 1.65. The molecule has 3 saturated heterocycles. The Bertz CT molecular complexity index is 1760. The van der Waals surface area contributed by atoms with Gasteiger partial charge in [0.25, 0.3) is 5.91 Å². The van der Waals surface area contributed by atoms with Crippen molar-refractivity contribution in [3.05, 3.63) is 92.0 Å². The molecular formula is C41H49N3O5S. The van der Waals surface area contributed by atoms with Crippen molar-refractivity contribution in [2.24, 2.45) is 23.7 Å². The number of benzene rings is 3. The Morgan fingerprint density at radius 3 is 2.26 bits per heavy atom. The van der Waals surface area contributed by atoms with Gasteiger partial charge in [-0.1, -0.05) is 63.3 Å². The predicted molar refractivity (Wildman–Crippen MR) is 202 cm³/mol. The molecule has 3 amide bonds. The number of ether oxygens (including phenoxy) is 1. The van der Waals surface area contributed by atoms with E-state index in [-0.39, 0.29) is 54.5 Å². The first-order valence-electron chi connectivity index (χ1n) is 17.8. The van der Waals surface area contributed by atoms with Gasteiger partial charge in [-0.15, -0.1) is 24.9 Å². The van der Waals surface area contributed by atoms with Crippen LogP contribution < -0.4 is 14.5 Å². The molecule has 3 aromatic carbocycles. The van der Waals surface area contributed by atoms with Crippen molar-refractivity contribution >= 4 is 51.6 Å². The largest absolute Gasteiger partial charge is 0.494 e. The molecule has 3 aliphatic heterocycles. The minimum Gasteiger partial charge on any atom is -0.494 e. The number of rotatable bonds is 14. The van der Waals surface area contributed by atoms with Crippen LogP contribution in [0.3, 0.4) is 0 Å². The average molecular weight is 696 g/mol. The summed E-state index contributed by atoms with van der Waals surface area (Å²) in [7, 11) is 0. The minimum absolute atomic E-state index is 0.0200. The van der Waals surface area contributed by atoms with Crippen LogP contribution in [0, 0.1) is 23.7 Å². The fourth-order valence-electron chi connectivity index (χ4n) is 8.70. The standard InChI is InChI=1S/C41H49N3O5S/c1-7-20-42(30-16-18-33(19-17-30)49-9-3)38(46)35-34-23-27(6)41(50-34)36(35)39(47)44(32(25-45)22-26(4)5)37(41)40(48)43(21-8-2)31-15-14-28-12-10-11-13-29(28)24-31/h7-8,10-19,24,26-27,32,34-37,45H,1-2,9,20-23,25H2,3-6H3/t27?,32-,34+,35-,36+,37?,41?/m1/s1. The quantitative estimate of drug-likeness (QED) is 0.189. The fraction of sp³-hybridized carbons (Fsp3) is 0.439. The molecule has 3 aliphatic rings. The van der Waals surface area contributed by atoms with E-state index in [1.165, 1.54) is 0 Å². The predicted octanol–water partition coefficient (Wildman–Crippen LogP) is 6.72. The van der Waals surface area contributed by atoms with Gasteiger partial charge in [0.15, 0.2) is 0 Å². The lowest BCUT2D eigenvalue weighted by Crippen LogP contribution is -2.59. The van der Waals surface area contributed by atoms with Crippen molar-refractivity contribution in [3.63, 3.8) is 0 Å². The lowest BCUT2D eigenvalue weighted by atomic mass is 9.65. The van der Waals surface area contributed by atoms with Gasteiger partial charge in [-0.25, -0.2) is 0 Å². The third kappa shape index (κ3) is 6.02. The molecule has 7 atom stereocenters. The fourth-order valence-corrected chi connectivity index (χ4v) is 11.1. The van der Waals surface area contributed by atoms with E-state index in [9.17, 15) is 9.90 Å². The number of hydrogen-bond acceptors (Lipinski definition) is 6. The van der Waals surface area contributed by atoms with Crippen LogP contribution in [0.1, 0.15) is 40.5 Å². The van der Waals surface area contributed by atoms with Crippen molar-refractivity contribution in [3.8, 4) is 5.75 Å². The Labute approximate surface area is 300 Å². The zero-order valence-corrected chi connectivity index (χ0v) is 30.4. The van der Waals surface area contributed by atoms with Gasteiger partial charge in [-0.3, -0.25) is 14.4 Å². The van der Waals surface area contributed by atoms with Gasteiger partial charge in [0.2, 0.25) is 11.8 Å². The Kier molecular flexibility index (Phi) is 10.5. The van der Waals surface area contributed by atoms with Crippen LogP contribution in [0.2, 0.25) is 0 Å². The molecule has 264 valence electrons. The van der Waals surface area contributed by atoms with Gasteiger partial charge in [0.05, 0.1) is 35.8 Å². The van der Waals surface area contributed by atoms with Crippen molar-refractivity contribution in [1.82, 2.24) is 4.90 Å². The van der Waals surface area contributed by atoms with Crippen LogP contribution in [-0.2, 0) is 14.4 Å². The maximum absolute atomic E-state index is 15.3. The lowest BCUT2D eigenvalue weighted by Gasteiger charge is -2.42. The van der Waals surface area contributed by atoms with Crippen LogP contribution in [0.4, 0.5) is 11.4 Å². The molecule has 50 heavy (non-hydrogen) atoms. The summed E-state index contributed by atoms with van der Waals surface area (Å²) in [4.78, 5) is 50.3. The number of aliphatic hydroxyl groups is 1. The van der Waals surface area contributed by atoms with E-state index in [0.29, 0.717) is 30.9 Å². The highest BCUT2D eigenvalue weighted by atomic mass is 32.2. The second-order valence-electron chi connectivity index (χ2n) is 14.2. The van der Waals surface area contributed by atoms with Crippen LogP contribution in [-0.4, -0.2) is 76.1 Å². The first-order valence-corrected chi connectivity index (χ1v) is 18.7. The summed E-state index contributed by atoms with van der Waals surface area (Å²) in [5.74, 6) is -1.07. The topological polar surface area (TPSA) is 90.4 Å². The van der Waals surface area contributed by atoms with Crippen LogP contribution in [0.25, 0.3) is 10.8 Å². The molecule has 3 aromatic rings. The van der Waals surface area contributed by atoms with Crippen molar-refractivity contribution < 1.29 is 24.2 Å². The number of nitrogens with zero attached hydrogens (tertiary/aromatic N) is 3. The van der Waals surface area contributed by atoms with Crippen LogP contribution in [0.5, 0.6) is 5.75 Å². The zero-order valence-electron chi connectivity index (χ0n) is 29.5. The van der Waals surface area contributed by atoms with E-state index in [2.05, 4.69) is 33.9 Å². The van der Waals surface area contributed by atoms with E-state index in [1.54, 1.807) is 38.6 Å². The number of hydrogen-bond donors (Lipinski definition) is 1. The molecule has 3 heterocycles. The number of carbonyl (C=O) groups excluding carboxylic acids is 3. The maximum atomic E-state index is 15.3. The van der Waals surface area contributed by atoms with Gasteiger partial charge < -0.3 is 24.5 Å². The third-order valence-electron chi connectivity index (χ3n) is 10.7. The molecule has 1 N–H and O–H groups in total. The highest BCUT2D eigenvalue weighted by Crippen LogP contribution is 2.69.